The van der Waals surface area contributed by atoms with Gasteiger partial charge in [-0.15, -0.1) is 0 Å². The van der Waals surface area contributed by atoms with Crippen LogP contribution in [0, 0.1) is 0 Å². The van der Waals surface area contributed by atoms with Crippen molar-refractivity contribution in [1.29, 1.82) is 0 Å². The summed E-state index contributed by atoms with van der Waals surface area (Å²) >= 11 is 0. The molecule has 0 bridgehead atoms. The quantitative estimate of drug-likeness (QED) is 0.592. The van der Waals surface area contributed by atoms with Gasteiger partial charge < -0.3 is 20.7 Å². The van der Waals surface area contributed by atoms with Crippen LogP contribution < -0.4 is 16.0 Å². The van der Waals surface area contributed by atoms with Crippen molar-refractivity contribution in [3.63, 3.8) is 0 Å². The maximum atomic E-state index is 11.8. The minimum Gasteiger partial charge on any atom is -0.378 e. The molecule has 3 N–H and O–H groups in total. The first-order valence-electron chi connectivity index (χ1n) is 5.92. The number of hydrogen-bond acceptors (Lipinski definition) is 4. The van der Waals surface area contributed by atoms with E-state index in [1.54, 1.807) is 6.92 Å². The Hall–Kier alpha value is -1.14. The first kappa shape index (κ1) is 13.9. The van der Waals surface area contributed by atoms with E-state index in [1.165, 1.54) is 0 Å². The number of rotatable bonds is 4. The highest BCUT2D eigenvalue weighted by atomic mass is 16.5. The molecule has 0 aliphatic carbocycles. The van der Waals surface area contributed by atoms with Gasteiger partial charge in [-0.3, -0.25) is 9.59 Å². The monoisotopic (exact) mass is 243 g/mol. The molecule has 1 saturated heterocycles. The molecule has 0 saturated carbocycles. The van der Waals surface area contributed by atoms with Gasteiger partial charge in [0.15, 0.2) is 0 Å². The van der Waals surface area contributed by atoms with E-state index >= 15 is 0 Å². The molecule has 2 amide bonds. The van der Waals surface area contributed by atoms with Crippen LogP contribution in [0.15, 0.2) is 0 Å². The van der Waals surface area contributed by atoms with Gasteiger partial charge in [-0.25, -0.2) is 0 Å². The highest BCUT2D eigenvalue weighted by molar-refractivity contribution is 5.89. The fourth-order valence-corrected chi connectivity index (χ4v) is 1.52. The van der Waals surface area contributed by atoms with Crippen molar-refractivity contribution in [2.75, 3.05) is 19.8 Å². The zero-order chi connectivity index (χ0) is 12.8. The lowest BCUT2D eigenvalue weighted by Crippen LogP contribution is -2.55. The highest BCUT2D eigenvalue weighted by Crippen LogP contribution is 1.94. The van der Waals surface area contributed by atoms with Crippen LogP contribution in [-0.4, -0.2) is 49.7 Å². The molecule has 0 aromatic carbocycles. The molecule has 2 unspecified atom stereocenters. The Morgan fingerprint density at radius 1 is 1.29 bits per heavy atom. The van der Waals surface area contributed by atoms with Gasteiger partial charge >= 0.3 is 0 Å². The molecule has 2 atom stereocenters. The smallest absolute Gasteiger partial charge is 0.242 e. The van der Waals surface area contributed by atoms with E-state index in [2.05, 4.69) is 16.0 Å². The first-order chi connectivity index (χ1) is 8.00. The number of carbonyl (C=O) groups excluding carboxylic acids is 2. The molecular formula is C11H21N3O3. The van der Waals surface area contributed by atoms with Crippen molar-refractivity contribution >= 4 is 11.8 Å². The van der Waals surface area contributed by atoms with E-state index in [0.717, 1.165) is 0 Å². The molecule has 1 heterocycles. The standard InChI is InChI=1S/C11H21N3O3/c1-7(2)13-10(15)8(3)14-11(16)9-6-17-5-4-12-9/h7-9,12H,4-6H2,1-3H3,(H,13,15)(H,14,16). The molecule has 0 aromatic heterocycles. The van der Waals surface area contributed by atoms with Crippen molar-refractivity contribution in [3.05, 3.63) is 0 Å². The summed E-state index contributed by atoms with van der Waals surface area (Å²) in [5, 5.41) is 8.44. The fourth-order valence-electron chi connectivity index (χ4n) is 1.52. The lowest BCUT2D eigenvalue weighted by molar-refractivity contribution is -0.131. The molecule has 0 aromatic rings. The Bertz CT molecular complexity index is 275. The molecule has 1 aliphatic heterocycles. The summed E-state index contributed by atoms with van der Waals surface area (Å²) in [6.07, 6.45) is 0. The van der Waals surface area contributed by atoms with Gasteiger partial charge in [-0.2, -0.15) is 0 Å². The van der Waals surface area contributed by atoms with Crippen LogP contribution in [0.1, 0.15) is 20.8 Å². The Kier molecular flexibility index (Phi) is 5.37. The molecule has 1 aliphatic rings. The largest absolute Gasteiger partial charge is 0.378 e. The molecule has 6 heteroatoms. The average molecular weight is 243 g/mol. The van der Waals surface area contributed by atoms with Crippen LogP contribution in [0.4, 0.5) is 0 Å². The van der Waals surface area contributed by atoms with Gasteiger partial charge in [0.05, 0.1) is 13.2 Å². The van der Waals surface area contributed by atoms with Crippen molar-refractivity contribution < 1.29 is 14.3 Å². The van der Waals surface area contributed by atoms with Gasteiger partial charge in [0.2, 0.25) is 11.8 Å². The summed E-state index contributed by atoms with van der Waals surface area (Å²) in [7, 11) is 0. The third-order valence-corrected chi connectivity index (χ3v) is 2.42. The highest BCUT2D eigenvalue weighted by Gasteiger charge is 2.24. The Morgan fingerprint density at radius 2 is 2.00 bits per heavy atom. The second kappa shape index (κ2) is 6.56. The molecule has 0 spiro atoms. The summed E-state index contributed by atoms with van der Waals surface area (Å²) in [5.41, 5.74) is 0. The predicted octanol–water partition coefficient (Wildman–Crippen LogP) is -0.996. The molecular weight excluding hydrogens is 222 g/mol. The minimum atomic E-state index is -0.534. The lowest BCUT2D eigenvalue weighted by Gasteiger charge is -2.24. The maximum absolute atomic E-state index is 11.8. The van der Waals surface area contributed by atoms with Crippen molar-refractivity contribution in [2.24, 2.45) is 0 Å². The second-order valence-corrected chi connectivity index (χ2v) is 4.48. The zero-order valence-electron chi connectivity index (χ0n) is 10.6. The van der Waals surface area contributed by atoms with E-state index in [1.807, 2.05) is 13.8 Å². The van der Waals surface area contributed by atoms with Gasteiger partial charge in [0.25, 0.3) is 0 Å². The average Bonchev–Trinajstić information content (AvgIpc) is 2.29. The van der Waals surface area contributed by atoms with Crippen LogP contribution in [-0.2, 0) is 14.3 Å². The maximum Gasteiger partial charge on any atom is 0.242 e. The molecule has 1 rings (SSSR count). The Morgan fingerprint density at radius 3 is 2.53 bits per heavy atom. The van der Waals surface area contributed by atoms with Crippen molar-refractivity contribution in [3.8, 4) is 0 Å². The third-order valence-electron chi connectivity index (χ3n) is 2.42. The summed E-state index contributed by atoms with van der Waals surface area (Å²) in [4.78, 5) is 23.4. The first-order valence-corrected chi connectivity index (χ1v) is 5.92. The number of nitrogens with one attached hydrogen (secondary N) is 3. The van der Waals surface area contributed by atoms with Crippen LogP contribution >= 0.6 is 0 Å². The van der Waals surface area contributed by atoms with Crippen LogP contribution in [0.5, 0.6) is 0 Å². The molecule has 0 radical (unpaired) electrons. The number of ether oxygens (including phenoxy) is 1. The molecule has 17 heavy (non-hydrogen) atoms. The van der Waals surface area contributed by atoms with Gasteiger partial charge in [0, 0.05) is 12.6 Å². The zero-order valence-corrected chi connectivity index (χ0v) is 10.6. The van der Waals surface area contributed by atoms with Gasteiger partial charge in [-0.1, -0.05) is 0 Å². The van der Waals surface area contributed by atoms with E-state index in [-0.39, 0.29) is 23.9 Å². The van der Waals surface area contributed by atoms with Gasteiger partial charge in [0.1, 0.15) is 12.1 Å². The molecule has 98 valence electrons. The number of hydrogen-bond donors (Lipinski definition) is 3. The van der Waals surface area contributed by atoms with E-state index < -0.39 is 6.04 Å². The third kappa shape index (κ3) is 4.70. The van der Waals surface area contributed by atoms with Crippen LogP contribution in [0.2, 0.25) is 0 Å². The van der Waals surface area contributed by atoms with Crippen LogP contribution in [0.3, 0.4) is 0 Å². The summed E-state index contributed by atoms with van der Waals surface area (Å²) in [6.45, 7) is 7.05. The number of amides is 2. The van der Waals surface area contributed by atoms with E-state index in [9.17, 15) is 9.59 Å². The minimum absolute atomic E-state index is 0.0676. The fraction of sp³-hybridized carbons (Fsp3) is 0.818. The molecule has 6 nitrogen and oxygen atoms in total. The Labute approximate surface area is 101 Å². The predicted molar refractivity (Wildman–Crippen MR) is 63.5 cm³/mol. The number of carbonyl (C=O) groups is 2. The van der Waals surface area contributed by atoms with E-state index in [4.69, 9.17) is 4.74 Å². The molecule has 1 fully saturated rings. The summed E-state index contributed by atoms with van der Waals surface area (Å²) < 4.78 is 5.19. The van der Waals surface area contributed by atoms with Crippen LogP contribution in [0.25, 0.3) is 0 Å². The topological polar surface area (TPSA) is 79.5 Å². The normalized spacial score (nSPS) is 22.0. The lowest BCUT2D eigenvalue weighted by atomic mass is 10.2. The Balaban J connectivity index is 2.36. The SMILES string of the molecule is CC(C)NC(=O)C(C)NC(=O)C1COCCN1. The van der Waals surface area contributed by atoms with E-state index in [0.29, 0.717) is 19.8 Å². The van der Waals surface area contributed by atoms with Crippen molar-refractivity contribution in [1.82, 2.24) is 16.0 Å². The van der Waals surface area contributed by atoms with Gasteiger partial charge in [-0.05, 0) is 20.8 Å². The summed E-state index contributed by atoms with van der Waals surface area (Å²) in [6, 6.07) is -0.829. The number of morpholine rings is 1. The van der Waals surface area contributed by atoms with Crippen molar-refractivity contribution in [2.45, 2.75) is 38.9 Å². The second-order valence-electron chi connectivity index (χ2n) is 4.48. The summed E-state index contributed by atoms with van der Waals surface area (Å²) in [5.74, 6) is -0.374.